The second-order valence-electron chi connectivity index (χ2n) is 5.04. The highest BCUT2D eigenvalue weighted by Crippen LogP contribution is 2.27. The molecule has 1 atom stereocenters. The van der Waals surface area contributed by atoms with E-state index < -0.39 is 0 Å². The molecule has 0 aliphatic heterocycles. The van der Waals surface area contributed by atoms with Crippen LogP contribution in [0.25, 0.3) is 10.1 Å². The van der Waals surface area contributed by atoms with Crippen LogP contribution in [0.5, 0.6) is 0 Å². The van der Waals surface area contributed by atoms with E-state index in [1.54, 1.807) is 0 Å². The molecular formula is C16H23NS. The summed E-state index contributed by atoms with van der Waals surface area (Å²) < 4.78 is 1.42. The first-order chi connectivity index (χ1) is 8.81. The van der Waals surface area contributed by atoms with Crippen molar-refractivity contribution in [3.05, 3.63) is 35.2 Å². The summed E-state index contributed by atoms with van der Waals surface area (Å²) in [6.45, 7) is 6.78. The Morgan fingerprint density at radius 1 is 1.22 bits per heavy atom. The van der Waals surface area contributed by atoms with Gasteiger partial charge in [0.1, 0.15) is 0 Å². The van der Waals surface area contributed by atoms with Crippen molar-refractivity contribution >= 4 is 21.4 Å². The Kier molecular flexibility index (Phi) is 5.21. The van der Waals surface area contributed by atoms with Crippen LogP contribution in [0, 0.1) is 5.92 Å². The van der Waals surface area contributed by atoms with Gasteiger partial charge in [-0.1, -0.05) is 32.0 Å². The highest BCUT2D eigenvalue weighted by molar-refractivity contribution is 7.17. The van der Waals surface area contributed by atoms with Gasteiger partial charge >= 0.3 is 0 Å². The van der Waals surface area contributed by atoms with Gasteiger partial charge in [0, 0.05) is 4.70 Å². The predicted molar refractivity (Wildman–Crippen MR) is 82.5 cm³/mol. The number of nitrogens with one attached hydrogen (secondary N) is 1. The van der Waals surface area contributed by atoms with Crippen LogP contribution in [0.3, 0.4) is 0 Å². The van der Waals surface area contributed by atoms with E-state index in [0.29, 0.717) is 0 Å². The molecule has 0 bridgehead atoms. The van der Waals surface area contributed by atoms with Crippen LogP contribution in [0.4, 0.5) is 0 Å². The Morgan fingerprint density at radius 3 is 2.89 bits per heavy atom. The average molecular weight is 261 g/mol. The molecule has 1 aromatic carbocycles. The maximum Gasteiger partial charge on any atom is 0.0345 e. The number of aryl methyl sites for hydroxylation is 1. The van der Waals surface area contributed by atoms with Gasteiger partial charge in [-0.25, -0.2) is 0 Å². The summed E-state index contributed by atoms with van der Waals surface area (Å²) in [7, 11) is 0. The smallest absolute Gasteiger partial charge is 0.0345 e. The third kappa shape index (κ3) is 3.56. The third-order valence-electron chi connectivity index (χ3n) is 3.53. The van der Waals surface area contributed by atoms with Crippen molar-refractivity contribution in [1.29, 1.82) is 0 Å². The van der Waals surface area contributed by atoms with E-state index in [-0.39, 0.29) is 0 Å². The first kappa shape index (κ1) is 13.6. The lowest BCUT2D eigenvalue weighted by atomic mass is 9.98. The predicted octanol–water partition coefficient (Wildman–Crippen LogP) is 4.47. The number of benzene rings is 1. The van der Waals surface area contributed by atoms with E-state index in [9.17, 15) is 0 Å². The molecule has 0 spiro atoms. The molecule has 1 aromatic heterocycles. The Balaban J connectivity index is 1.86. The molecule has 1 N–H and O–H groups in total. The van der Waals surface area contributed by atoms with Crippen LogP contribution in [0.2, 0.25) is 0 Å². The maximum absolute atomic E-state index is 3.40. The van der Waals surface area contributed by atoms with Crippen molar-refractivity contribution in [1.82, 2.24) is 5.32 Å². The SMILES string of the molecule is CCNCCC(C)CCc1csc2ccccc12. The number of fused-ring (bicyclic) bond motifs is 1. The van der Waals surface area contributed by atoms with Gasteiger partial charge < -0.3 is 5.32 Å². The topological polar surface area (TPSA) is 12.0 Å². The molecule has 0 amide bonds. The van der Waals surface area contributed by atoms with Gasteiger partial charge in [0.15, 0.2) is 0 Å². The molecule has 98 valence electrons. The molecule has 1 unspecified atom stereocenters. The molecule has 0 saturated heterocycles. The zero-order valence-electron chi connectivity index (χ0n) is 11.4. The fourth-order valence-corrected chi connectivity index (χ4v) is 3.30. The number of rotatable bonds is 7. The molecule has 0 saturated carbocycles. The van der Waals surface area contributed by atoms with Crippen molar-refractivity contribution in [2.24, 2.45) is 5.92 Å². The minimum atomic E-state index is 0.808. The van der Waals surface area contributed by atoms with Gasteiger partial charge in [-0.3, -0.25) is 0 Å². The second kappa shape index (κ2) is 6.91. The number of hydrogen-bond donors (Lipinski definition) is 1. The summed E-state index contributed by atoms with van der Waals surface area (Å²) in [5, 5.41) is 7.20. The highest BCUT2D eigenvalue weighted by Gasteiger charge is 2.06. The number of thiophene rings is 1. The van der Waals surface area contributed by atoms with E-state index in [1.165, 1.54) is 34.9 Å². The molecule has 1 heterocycles. The Hall–Kier alpha value is -0.860. The zero-order chi connectivity index (χ0) is 12.8. The van der Waals surface area contributed by atoms with E-state index in [0.717, 1.165) is 19.0 Å². The van der Waals surface area contributed by atoms with Gasteiger partial charge in [0.2, 0.25) is 0 Å². The second-order valence-corrected chi connectivity index (χ2v) is 5.95. The summed E-state index contributed by atoms with van der Waals surface area (Å²) in [6, 6.07) is 8.75. The van der Waals surface area contributed by atoms with Gasteiger partial charge in [-0.05, 0) is 60.7 Å². The lowest BCUT2D eigenvalue weighted by molar-refractivity contribution is 0.475. The van der Waals surface area contributed by atoms with Crippen LogP contribution in [0.1, 0.15) is 32.3 Å². The molecule has 2 aromatic rings. The molecule has 2 rings (SSSR count). The van der Waals surface area contributed by atoms with E-state index >= 15 is 0 Å². The van der Waals surface area contributed by atoms with Crippen molar-refractivity contribution < 1.29 is 0 Å². The fourth-order valence-electron chi connectivity index (χ4n) is 2.30. The van der Waals surface area contributed by atoms with Crippen molar-refractivity contribution in [2.45, 2.75) is 33.1 Å². The van der Waals surface area contributed by atoms with Gasteiger partial charge in [-0.2, -0.15) is 0 Å². The highest BCUT2D eigenvalue weighted by atomic mass is 32.1. The zero-order valence-corrected chi connectivity index (χ0v) is 12.2. The van der Waals surface area contributed by atoms with E-state index in [2.05, 4.69) is 48.8 Å². The molecule has 0 aliphatic carbocycles. The molecule has 2 heteroatoms. The van der Waals surface area contributed by atoms with Crippen molar-refractivity contribution in [3.8, 4) is 0 Å². The Bertz CT molecular complexity index is 475. The van der Waals surface area contributed by atoms with Crippen LogP contribution in [-0.2, 0) is 6.42 Å². The summed E-state index contributed by atoms with van der Waals surface area (Å²) >= 11 is 1.87. The Labute approximate surface area is 114 Å². The van der Waals surface area contributed by atoms with Gasteiger partial charge in [0.25, 0.3) is 0 Å². The van der Waals surface area contributed by atoms with Crippen molar-refractivity contribution in [3.63, 3.8) is 0 Å². The van der Waals surface area contributed by atoms with Gasteiger partial charge in [-0.15, -0.1) is 11.3 Å². The minimum Gasteiger partial charge on any atom is -0.317 e. The molecule has 18 heavy (non-hydrogen) atoms. The fraction of sp³-hybridized carbons (Fsp3) is 0.500. The third-order valence-corrected chi connectivity index (χ3v) is 4.54. The van der Waals surface area contributed by atoms with Crippen LogP contribution in [-0.4, -0.2) is 13.1 Å². The summed E-state index contributed by atoms with van der Waals surface area (Å²) in [6.07, 6.45) is 3.80. The molecule has 1 nitrogen and oxygen atoms in total. The average Bonchev–Trinajstić information content (AvgIpc) is 2.80. The van der Waals surface area contributed by atoms with Crippen LogP contribution in [0.15, 0.2) is 29.6 Å². The van der Waals surface area contributed by atoms with E-state index in [4.69, 9.17) is 0 Å². The normalized spacial score (nSPS) is 13.0. The molecule has 0 radical (unpaired) electrons. The maximum atomic E-state index is 3.40. The number of hydrogen-bond acceptors (Lipinski definition) is 2. The monoisotopic (exact) mass is 261 g/mol. The minimum absolute atomic E-state index is 0.808. The largest absolute Gasteiger partial charge is 0.317 e. The quantitative estimate of drug-likeness (QED) is 0.725. The van der Waals surface area contributed by atoms with Crippen molar-refractivity contribution in [2.75, 3.05) is 13.1 Å². The molecule has 0 aliphatic rings. The summed E-state index contributed by atoms with van der Waals surface area (Å²) in [4.78, 5) is 0. The first-order valence-corrected chi connectivity index (χ1v) is 7.85. The Morgan fingerprint density at radius 2 is 2.06 bits per heavy atom. The summed E-state index contributed by atoms with van der Waals surface area (Å²) in [5.41, 5.74) is 1.53. The first-order valence-electron chi connectivity index (χ1n) is 6.97. The van der Waals surface area contributed by atoms with Gasteiger partial charge in [0.05, 0.1) is 0 Å². The molecule has 0 fully saturated rings. The lowest BCUT2D eigenvalue weighted by Gasteiger charge is -2.11. The van der Waals surface area contributed by atoms with Crippen LogP contribution >= 0.6 is 11.3 Å². The molecular weight excluding hydrogens is 238 g/mol. The lowest BCUT2D eigenvalue weighted by Crippen LogP contribution is -2.16. The van der Waals surface area contributed by atoms with Crippen LogP contribution < -0.4 is 5.32 Å². The standard InChI is InChI=1S/C16H23NS/c1-3-17-11-10-13(2)8-9-14-12-18-16-7-5-4-6-15(14)16/h4-7,12-13,17H,3,8-11H2,1-2H3. The summed E-state index contributed by atoms with van der Waals surface area (Å²) in [5.74, 6) is 0.808. The van der Waals surface area contributed by atoms with E-state index in [1.807, 2.05) is 11.3 Å².